The Balaban J connectivity index is 1.65. The lowest BCUT2D eigenvalue weighted by molar-refractivity contribution is -0.118. The maximum Gasteiger partial charge on any atom is 0.255 e. The molecule has 0 bridgehead atoms. The standard InChI is InChI=1S/C25H26N2O4S/c1-30-23-11-7-6-10-21(23)24(28)27-22(16-17-32-2)25(29)26-18-12-14-20(15-13-18)31-19-8-4-3-5-9-19/h3-15,22H,16-17H2,1-2H3,(H,26,29)(H,27,28). The second kappa shape index (κ2) is 11.8. The van der Waals surface area contributed by atoms with Gasteiger partial charge in [-0.2, -0.15) is 11.8 Å². The minimum absolute atomic E-state index is 0.279. The number of ether oxygens (including phenoxy) is 2. The predicted octanol–water partition coefficient (Wildman–Crippen LogP) is 4.98. The molecule has 3 aromatic carbocycles. The Hall–Kier alpha value is -3.45. The summed E-state index contributed by atoms with van der Waals surface area (Å²) < 4.78 is 11.0. The summed E-state index contributed by atoms with van der Waals surface area (Å²) in [7, 11) is 1.51. The van der Waals surface area contributed by atoms with Gasteiger partial charge in [-0.3, -0.25) is 9.59 Å². The van der Waals surface area contributed by atoms with Crippen molar-refractivity contribution in [3.8, 4) is 17.2 Å². The van der Waals surface area contributed by atoms with Crippen molar-refractivity contribution in [1.29, 1.82) is 0 Å². The van der Waals surface area contributed by atoms with Gasteiger partial charge in [0, 0.05) is 5.69 Å². The fourth-order valence-corrected chi connectivity index (χ4v) is 3.50. The SMILES string of the molecule is COc1ccccc1C(=O)NC(CCSC)C(=O)Nc1ccc(Oc2ccccc2)cc1. The summed E-state index contributed by atoms with van der Waals surface area (Å²) in [6.07, 6.45) is 2.46. The van der Waals surface area contributed by atoms with Gasteiger partial charge < -0.3 is 20.1 Å². The van der Waals surface area contributed by atoms with Crippen molar-refractivity contribution in [3.05, 3.63) is 84.4 Å². The van der Waals surface area contributed by atoms with Gasteiger partial charge in [-0.1, -0.05) is 30.3 Å². The van der Waals surface area contributed by atoms with Crippen LogP contribution in [-0.2, 0) is 4.79 Å². The van der Waals surface area contributed by atoms with E-state index in [1.165, 1.54) is 7.11 Å². The van der Waals surface area contributed by atoms with Crippen LogP contribution < -0.4 is 20.1 Å². The van der Waals surface area contributed by atoms with Gasteiger partial charge >= 0.3 is 0 Å². The molecule has 1 unspecified atom stereocenters. The number of carbonyl (C=O) groups is 2. The first-order chi connectivity index (χ1) is 15.6. The molecule has 0 saturated heterocycles. The molecule has 7 heteroatoms. The number of hydrogen-bond donors (Lipinski definition) is 2. The lowest BCUT2D eigenvalue weighted by Gasteiger charge is -2.19. The summed E-state index contributed by atoms with van der Waals surface area (Å²) in [5.41, 5.74) is 1.01. The van der Waals surface area contributed by atoms with Crippen molar-refractivity contribution in [2.24, 2.45) is 0 Å². The minimum atomic E-state index is -0.680. The largest absolute Gasteiger partial charge is 0.496 e. The van der Waals surface area contributed by atoms with Gasteiger partial charge in [0.05, 0.1) is 12.7 Å². The van der Waals surface area contributed by atoms with Gasteiger partial charge in [0.25, 0.3) is 5.91 Å². The molecular weight excluding hydrogens is 424 g/mol. The zero-order valence-electron chi connectivity index (χ0n) is 18.0. The maximum atomic E-state index is 12.9. The molecule has 32 heavy (non-hydrogen) atoms. The van der Waals surface area contributed by atoms with Crippen LogP contribution in [0.3, 0.4) is 0 Å². The van der Waals surface area contributed by atoms with E-state index in [1.54, 1.807) is 60.3 Å². The van der Waals surface area contributed by atoms with E-state index in [9.17, 15) is 9.59 Å². The highest BCUT2D eigenvalue weighted by Crippen LogP contribution is 2.23. The van der Waals surface area contributed by atoms with Gasteiger partial charge in [0.15, 0.2) is 0 Å². The monoisotopic (exact) mass is 450 g/mol. The van der Waals surface area contributed by atoms with E-state index >= 15 is 0 Å². The van der Waals surface area contributed by atoms with Crippen LogP contribution in [0.2, 0.25) is 0 Å². The summed E-state index contributed by atoms with van der Waals surface area (Å²) >= 11 is 1.61. The normalized spacial score (nSPS) is 11.3. The molecule has 2 N–H and O–H groups in total. The number of amides is 2. The lowest BCUT2D eigenvalue weighted by atomic mass is 10.1. The van der Waals surface area contributed by atoms with Crippen LogP contribution in [0.4, 0.5) is 5.69 Å². The highest BCUT2D eigenvalue weighted by molar-refractivity contribution is 7.98. The van der Waals surface area contributed by atoms with Crippen molar-refractivity contribution in [1.82, 2.24) is 5.32 Å². The molecular formula is C25H26N2O4S. The molecule has 0 saturated carbocycles. The third-order valence-corrected chi connectivity index (χ3v) is 5.33. The third kappa shape index (κ3) is 6.52. The molecule has 3 aromatic rings. The molecule has 166 valence electrons. The quantitative estimate of drug-likeness (QED) is 0.456. The average Bonchev–Trinajstić information content (AvgIpc) is 2.83. The molecule has 1 atom stereocenters. The van der Waals surface area contributed by atoms with E-state index in [1.807, 2.05) is 36.6 Å². The van der Waals surface area contributed by atoms with E-state index in [4.69, 9.17) is 9.47 Å². The molecule has 2 amide bonds. The number of thioether (sulfide) groups is 1. The van der Waals surface area contributed by atoms with Crippen LogP contribution in [-0.4, -0.2) is 37.0 Å². The van der Waals surface area contributed by atoms with Crippen LogP contribution in [0, 0.1) is 0 Å². The number of anilines is 1. The Morgan fingerprint density at radius 2 is 1.56 bits per heavy atom. The molecule has 3 rings (SSSR count). The topological polar surface area (TPSA) is 76.7 Å². The van der Waals surface area contributed by atoms with Crippen molar-refractivity contribution >= 4 is 29.3 Å². The summed E-state index contributed by atoms with van der Waals surface area (Å²) in [5, 5.41) is 5.72. The third-order valence-electron chi connectivity index (χ3n) is 4.68. The van der Waals surface area contributed by atoms with Gasteiger partial charge in [0.2, 0.25) is 5.91 Å². The summed E-state index contributed by atoms with van der Waals surface area (Å²) in [5.74, 6) is 1.96. The van der Waals surface area contributed by atoms with Crippen LogP contribution in [0.15, 0.2) is 78.9 Å². The Labute approximate surface area is 192 Å². The van der Waals surface area contributed by atoms with Crippen molar-refractivity contribution in [2.75, 3.05) is 24.4 Å². The number of carbonyl (C=O) groups excluding carboxylic acids is 2. The first-order valence-electron chi connectivity index (χ1n) is 10.2. The molecule has 0 radical (unpaired) electrons. The van der Waals surface area contributed by atoms with Crippen LogP contribution in [0.25, 0.3) is 0 Å². The first-order valence-corrected chi connectivity index (χ1v) is 11.6. The van der Waals surface area contributed by atoms with E-state index < -0.39 is 6.04 Å². The number of benzene rings is 3. The molecule has 0 aromatic heterocycles. The van der Waals surface area contributed by atoms with Crippen molar-refractivity contribution < 1.29 is 19.1 Å². The summed E-state index contributed by atoms with van der Waals surface area (Å²) in [6.45, 7) is 0. The zero-order chi connectivity index (χ0) is 22.8. The molecule has 0 heterocycles. The van der Waals surface area contributed by atoms with Gasteiger partial charge in [0.1, 0.15) is 23.3 Å². The van der Waals surface area contributed by atoms with Crippen LogP contribution >= 0.6 is 11.8 Å². The number of hydrogen-bond acceptors (Lipinski definition) is 5. The fraction of sp³-hybridized carbons (Fsp3) is 0.200. The van der Waals surface area contributed by atoms with E-state index in [2.05, 4.69) is 10.6 Å². The van der Waals surface area contributed by atoms with E-state index in [0.717, 1.165) is 11.5 Å². The Bertz CT molecular complexity index is 1030. The molecule has 0 spiro atoms. The molecule has 6 nitrogen and oxygen atoms in total. The summed E-state index contributed by atoms with van der Waals surface area (Å²) in [4.78, 5) is 25.7. The average molecular weight is 451 g/mol. The Morgan fingerprint density at radius 1 is 0.906 bits per heavy atom. The molecule has 0 fully saturated rings. The molecule has 0 aliphatic carbocycles. The van der Waals surface area contributed by atoms with Crippen molar-refractivity contribution in [2.45, 2.75) is 12.5 Å². The van der Waals surface area contributed by atoms with E-state index in [-0.39, 0.29) is 11.8 Å². The Kier molecular flexibility index (Phi) is 8.57. The van der Waals surface area contributed by atoms with Crippen LogP contribution in [0.5, 0.6) is 17.2 Å². The number of para-hydroxylation sites is 2. The van der Waals surface area contributed by atoms with Gasteiger partial charge in [-0.15, -0.1) is 0 Å². The fourth-order valence-electron chi connectivity index (χ4n) is 3.03. The maximum absolute atomic E-state index is 12.9. The van der Waals surface area contributed by atoms with Crippen molar-refractivity contribution in [3.63, 3.8) is 0 Å². The highest BCUT2D eigenvalue weighted by atomic mass is 32.2. The summed E-state index contributed by atoms with van der Waals surface area (Å²) in [6, 6.07) is 22.8. The number of methoxy groups -OCH3 is 1. The molecule has 0 aliphatic rings. The second-order valence-electron chi connectivity index (χ2n) is 6.94. The smallest absolute Gasteiger partial charge is 0.255 e. The van der Waals surface area contributed by atoms with E-state index in [0.29, 0.717) is 29.2 Å². The van der Waals surface area contributed by atoms with Crippen LogP contribution in [0.1, 0.15) is 16.8 Å². The highest BCUT2D eigenvalue weighted by Gasteiger charge is 2.22. The second-order valence-corrected chi connectivity index (χ2v) is 7.92. The Morgan fingerprint density at radius 3 is 2.25 bits per heavy atom. The number of nitrogens with one attached hydrogen (secondary N) is 2. The lowest BCUT2D eigenvalue weighted by Crippen LogP contribution is -2.44. The zero-order valence-corrected chi connectivity index (χ0v) is 18.9. The molecule has 0 aliphatic heterocycles. The number of rotatable bonds is 10. The first kappa shape index (κ1) is 23.2. The predicted molar refractivity (Wildman–Crippen MR) is 129 cm³/mol. The van der Waals surface area contributed by atoms with Gasteiger partial charge in [-0.25, -0.2) is 0 Å². The van der Waals surface area contributed by atoms with Gasteiger partial charge in [-0.05, 0) is 67.0 Å². The minimum Gasteiger partial charge on any atom is -0.496 e.